The Kier molecular flexibility index (Phi) is 24.2. The fourth-order valence-electron chi connectivity index (χ4n) is 1.50. The van der Waals surface area contributed by atoms with Crippen LogP contribution in [-0.4, -0.2) is 48.7 Å². The zero-order chi connectivity index (χ0) is 30.1. The van der Waals surface area contributed by atoms with Gasteiger partial charge in [-0.3, -0.25) is 0 Å². The van der Waals surface area contributed by atoms with Crippen molar-refractivity contribution in [2.75, 3.05) is 13.7 Å². The van der Waals surface area contributed by atoms with Gasteiger partial charge in [0.05, 0.1) is 13.7 Å². The first-order valence-corrected chi connectivity index (χ1v) is 11.3. The van der Waals surface area contributed by atoms with Crippen molar-refractivity contribution in [1.82, 2.24) is 0 Å². The van der Waals surface area contributed by atoms with Crippen LogP contribution < -0.4 is 0 Å². The van der Waals surface area contributed by atoms with Crippen LogP contribution >= 0.6 is 0 Å². The highest BCUT2D eigenvalue weighted by molar-refractivity contribution is 6.04. The van der Waals surface area contributed by atoms with Gasteiger partial charge in [-0.25, -0.2) is 24.0 Å². The monoisotopic (exact) mass is 530 g/mol. The quantitative estimate of drug-likeness (QED) is 0.165. The molecule has 1 aliphatic rings. The van der Waals surface area contributed by atoms with Crippen molar-refractivity contribution in [2.45, 2.75) is 40.5 Å². The number of carboxylic acids is 1. The summed E-state index contributed by atoms with van der Waals surface area (Å²) in [5.41, 5.74) is 2.25. The number of hydrogen-bond acceptors (Lipinski definition) is 8. The molecule has 9 heteroatoms. The average molecular weight is 531 g/mol. The second-order valence-electron chi connectivity index (χ2n) is 7.32. The van der Waals surface area contributed by atoms with Gasteiger partial charge in [0.1, 0.15) is 0 Å². The third-order valence-corrected chi connectivity index (χ3v) is 3.57. The van der Waals surface area contributed by atoms with Crippen LogP contribution in [0.3, 0.4) is 0 Å². The minimum atomic E-state index is -0.935. The third-order valence-electron chi connectivity index (χ3n) is 3.57. The third kappa shape index (κ3) is 26.1. The Morgan fingerprint density at radius 3 is 1.55 bits per heavy atom. The standard InChI is InChI=1S/C8H14O2.C8H8.C5H8O2.C4H2O3.C4H6O2/c1-4-5-6-10-8(9)7(2)3;1-2-8-6-4-3-5-7-8;1-4(2)5(6)7-3;5-3-1-2-4(6)7-3;1-3(2)4(5)6/h2,4-6H2,1,3H3;2-7H,1H2;1H2,2-3H3;1-2H;1H2,2H3,(H,5,6). The van der Waals surface area contributed by atoms with Crippen LogP contribution in [0.25, 0.3) is 6.08 Å². The summed E-state index contributed by atoms with van der Waals surface area (Å²) < 4.78 is 13.1. The van der Waals surface area contributed by atoms with Gasteiger partial charge < -0.3 is 19.3 Å². The molecule has 0 spiro atoms. The average Bonchev–Trinajstić information content (AvgIpc) is 3.27. The van der Waals surface area contributed by atoms with Gasteiger partial charge in [-0.2, -0.15) is 0 Å². The van der Waals surface area contributed by atoms with Crippen molar-refractivity contribution in [3.63, 3.8) is 0 Å². The van der Waals surface area contributed by atoms with Crippen LogP contribution in [0, 0.1) is 0 Å². The van der Waals surface area contributed by atoms with Crippen molar-refractivity contribution in [2.24, 2.45) is 0 Å². The number of carboxylic acid groups (broad SMARTS) is 1. The molecule has 0 saturated heterocycles. The van der Waals surface area contributed by atoms with Gasteiger partial charge >= 0.3 is 29.8 Å². The maximum absolute atomic E-state index is 10.7. The Morgan fingerprint density at radius 2 is 1.34 bits per heavy atom. The number of benzene rings is 1. The van der Waals surface area contributed by atoms with E-state index in [9.17, 15) is 24.0 Å². The summed E-state index contributed by atoms with van der Waals surface area (Å²) >= 11 is 0. The minimum Gasteiger partial charge on any atom is -0.478 e. The fourth-order valence-corrected chi connectivity index (χ4v) is 1.50. The number of esters is 4. The molecule has 1 N–H and O–H groups in total. The highest BCUT2D eigenvalue weighted by Gasteiger charge is 2.10. The molecule has 0 radical (unpaired) electrons. The van der Waals surface area contributed by atoms with Gasteiger partial charge in [0.15, 0.2) is 0 Å². The lowest BCUT2D eigenvalue weighted by Gasteiger charge is -2.01. The van der Waals surface area contributed by atoms with Crippen molar-refractivity contribution >= 4 is 35.9 Å². The number of carbonyl (C=O) groups excluding carboxylic acids is 4. The lowest BCUT2D eigenvalue weighted by atomic mass is 10.2. The highest BCUT2D eigenvalue weighted by atomic mass is 16.6. The number of rotatable bonds is 7. The molecule has 1 aromatic carbocycles. The van der Waals surface area contributed by atoms with Crippen LogP contribution in [0.2, 0.25) is 0 Å². The van der Waals surface area contributed by atoms with Crippen LogP contribution in [-0.2, 0) is 38.2 Å². The van der Waals surface area contributed by atoms with E-state index in [4.69, 9.17) is 9.84 Å². The Bertz CT molecular complexity index is 959. The number of unbranched alkanes of at least 4 members (excludes halogenated alkanes) is 1. The molecule has 0 unspecified atom stereocenters. The van der Waals surface area contributed by atoms with Crippen LogP contribution in [0.4, 0.5) is 0 Å². The number of cyclic esters (lactones) is 2. The lowest BCUT2D eigenvalue weighted by molar-refractivity contribution is -0.150. The van der Waals surface area contributed by atoms with Crippen molar-refractivity contribution in [1.29, 1.82) is 0 Å². The second-order valence-corrected chi connectivity index (χ2v) is 7.32. The number of carbonyl (C=O) groups is 5. The molecule has 0 amide bonds. The van der Waals surface area contributed by atoms with Gasteiger partial charge in [0.2, 0.25) is 0 Å². The maximum atomic E-state index is 10.7. The summed E-state index contributed by atoms with van der Waals surface area (Å²) in [6.07, 6.45) is 5.98. The topological polar surface area (TPSA) is 133 Å². The Hall–Kier alpha value is -4.53. The number of ether oxygens (including phenoxy) is 3. The van der Waals surface area contributed by atoms with Gasteiger partial charge in [-0.15, -0.1) is 0 Å². The zero-order valence-corrected chi connectivity index (χ0v) is 22.8. The first-order valence-electron chi connectivity index (χ1n) is 11.3. The molecule has 0 bridgehead atoms. The molecule has 1 heterocycles. The predicted molar refractivity (Wildman–Crippen MR) is 147 cm³/mol. The van der Waals surface area contributed by atoms with Crippen molar-refractivity contribution in [3.8, 4) is 0 Å². The molecule has 9 nitrogen and oxygen atoms in total. The van der Waals surface area contributed by atoms with Crippen LogP contribution in [0.15, 0.2) is 85.5 Å². The first-order chi connectivity index (χ1) is 17.7. The van der Waals surface area contributed by atoms with E-state index < -0.39 is 17.9 Å². The summed E-state index contributed by atoms with van der Waals surface area (Å²) in [7, 11) is 1.33. The predicted octanol–water partition coefficient (Wildman–Crippen LogP) is 5.24. The van der Waals surface area contributed by atoms with Crippen molar-refractivity contribution < 1.29 is 43.3 Å². The van der Waals surface area contributed by atoms with Gasteiger partial charge in [-0.05, 0) is 32.8 Å². The first kappa shape index (κ1) is 38.0. The van der Waals surface area contributed by atoms with E-state index in [0.29, 0.717) is 17.8 Å². The molecular weight excluding hydrogens is 492 g/mol. The molecule has 208 valence electrons. The number of methoxy groups -OCH3 is 1. The number of aliphatic carboxylic acids is 1. The van der Waals surface area contributed by atoms with Gasteiger partial charge in [0.25, 0.3) is 0 Å². The highest BCUT2D eigenvalue weighted by Crippen LogP contribution is 1.97. The summed E-state index contributed by atoms with van der Waals surface area (Å²) in [6.45, 7) is 20.9. The summed E-state index contributed by atoms with van der Waals surface area (Å²) in [4.78, 5) is 50.3. The normalized spacial score (nSPS) is 10.0. The molecule has 0 fully saturated rings. The van der Waals surface area contributed by atoms with E-state index in [2.05, 4.69) is 42.7 Å². The van der Waals surface area contributed by atoms with Crippen LogP contribution in [0.1, 0.15) is 46.1 Å². The molecule has 38 heavy (non-hydrogen) atoms. The lowest BCUT2D eigenvalue weighted by Crippen LogP contribution is -2.05. The Labute approximate surface area is 224 Å². The smallest absolute Gasteiger partial charge is 0.338 e. The number of hydrogen-bond donors (Lipinski definition) is 1. The van der Waals surface area contributed by atoms with E-state index in [-0.39, 0.29) is 17.5 Å². The molecule has 0 aliphatic carbocycles. The fraction of sp³-hybridized carbons (Fsp3) is 0.276. The Balaban J connectivity index is -0.000000407. The summed E-state index contributed by atoms with van der Waals surface area (Å²) in [6, 6.07) is 10.0. The Morgan fingerprint density at radius 1 is 0.895 bits per heavy atom. The second kappa shape index (κ2) is 24.2. The van der Waals surface area contributed by atoms with Crippen molar-refractivity contribution in [3.05, 3.63) is 91.1 Å². The van der Waals surface area contributed by atoms with E-state index in [1.807, 2.05) is 36.4 Å². The zero-order valence-electron chi connectivity index (χ0n) is 22.8. The van der Waals surface area contributed by atoms with Crippen LogP contribution in [0.5, 0.6) is 0 Å². The molecule has 2 rings (SSSR count). The largest absolute Gasteiger partial charge is 0.478 e. The molecular formula is C29H38O9. The van der Waals surface area contributed by atoms with E-state index in [1.165, 1.54) is 19.6 Å². The van der Waals surface area contributed by atoms with E-state index >= 15 is 0 Å². The molecule has 1 aliphatic heterocycles. The molecule has 0 saturated carbocycles. The SMILES string of the molecule is C=C(C)C(=O)O.C=C(C)C(=O)OC.C=C(C)C(=O)OCCCC.C=Cc1ccccc1.O=C1C=CC(=O)O1. The molecule has 1 aromatic rings. The summed E-state index contributed by atoms with van der Waals surface area (Å²) in [5.74, 6) is -2.72. The van der Waals surface area contributed by atoms with Gasteiger partial charge in [0, 0.05) is 28.9 Å². The van der Waals surface area contributed by atoms with Gasteiger partial charge in [-0.1, -0.05) is 76.1 Å². The molecule has 0 atom stereocenters. The minimum absolute atomic E-state index is 0.176. The van der Waals surface area contributed by atoms with E-state index in [0.717, 1.165) is 25.0 Å². The molecule has 0 aromatic heterocycles. The van der Waals surface area contributed by atoms with E-state index in [1.54, 1.807) is 13.8 Å². The summed E-state index contributed by atoms with van der Waals surface area (Å²) in [5, 5.41) is 7.89. The maximum Gasteiger partial charge on any atom is 0.338 e.